The van der Waals surface area contributed by atoms with Crippen molar-refractivity contribution < 1.29 is 23.6 Å². The molecule has 0 saturated carbocycles. The number of aryl methyl sites for hydroxylation is 2. The smallest absolute Gasteiger partial charge is 0.400 e. The first-order valence-corrected chi connectivity index (χ1v) is 6.10. The molecule has 7 heteroatoms. The van der Waals surface area contributed by atoms with Gasteiger partial charge in [-0.3, -0.25) is 0 Å². The number of oxime groups is 1. The zero-order valence-electron chi connectivity index (χ0n) is 11.8. The van der Waals surface area contributed by atoms with Crippen LogP contribution >= 0.6 is 0 Å². The normalized spacial score (nSPS) is 10.8. The van der Waals surface area contributed by atoms with Gasteiger partial charge in [0.2, 0.25) is 5.76 Å². The number of aromatic nitrogens is 1. The van der Waals surface area contributed by atoms with E-state index in [9.17, 15) is 9.59 Å². The van der Waals surface area contributed by atoms with Crippen molar-refractivity contribution in [3.8, 4) is 0 Å². The Kier molecular flexibility index (Phi) is 4.22. The second-order valence-corrected chi connectivity index (χ2v) is 4.25. The van der Waals surface area contributed by atoms with E-state index >= 15 is 0 Å². The topological polar surface area (TPSA) is 93.9 Å². The number of carbonyl (C=O) groups excluding carboxylic acids is 2. The van der Waals surface area contributed by atoms with Gasteiger partial charge in [0.1, 0.15) is 0 Å². The summed E-state index contributed by atoms with van der Waals surface area (Å²) < 4.78 is 9.59. The van der Waals surface area contributed by atoms with Crippen LogP contribution in [-0.2, 0) is 9.57 Å². The molecule has 0 aliphatic carbocycles. The summed E-state index contributed by atoms with van der Waals surface area (Å²) in [6.07, 6.45) is 2.64. The zero-order valence-corrected chi connectivity index (χ0v) is 11.8. The Hall–Kier alpha value is -2.83. The van der Waals surface area contributed by atoms with Gasteiger partial charge < -0.3 is 19.0 Å². The monoisotopic (exact) mass is 290 g/mol. The average molecular weight is 290 g/mol. The number of ether oxygens (including phenoxy) is 1. The van der Waals surface area contributed by atoms with Crippen molar-refractivity contribution in [3.05, 3.63) is 46.7 Å². The van der Waals surface area contributed by atoms with Crippen molar-refractivity contribution in [2.45, 2.75) is 13.8 Å². The number of carbonyl (C=O) groups is 2. The highest BCUT2D eigenvalue weighted by Crippen LogP contribution is 2.17. The molecule has 0 unspecified atom stereocenters. The summed E-state index contributed by atoms with van der Waals surface area (Å²) >= 11 is 0. The maximum Gasteiger partial charge on any atom is 0.400 e. The summed E-state index contributed by atoms with van der Waals surface area (Å²) in [5.41, 5.74) is 2.23. The van der Waals surface area contributed by atoms with Crippen LogP contribution in [0.3, 0.4) is 0 Å². The number of methoxy groups -OCH3 is 1. The van der Waals surface area contributed by atoms with Gasteiger partial charge in [-0.2, -0.15) is 0 Å². The fraction of sp³-hybridized carbons (Fsp3) is 0.214. The molecule has 2 heterocycles. The largest absolute Gasteiger partial charge is 0.465 e. The molecule has 110 valence electrons. The molecule has 0 aliphatic rings. The van der Waals surface area contributed by atoms with E-state index < -0.39 is 11.9 Å². The van der Waals surface area contributed by atoms with E-state index in [1.54, 1.807) is 19.9 Å². The molecule has 7 nitrogen and oxygen atoms in total. The van der Waals surface area contributed by atoms with Crippen molar-refractivity contribution in [3.63, 3.8) is 0 Å². The van der Waals surface area contributed by atoms with Gasteiger partial charge >= 0.3 is 11.9 Å². The third kappa shape index (κ3) is 3.02. The molecule has 0 fully saturated rings. The van der Waals surface area contributed by atoms with Gasteiger partial charge in [-0.1, -0.05) is 5.16 Å². The predicted octanol–water partition coefficient (Wildman–Crippen LogP) is 2.20. The van der Waals surface area contributed by atoms with Crippen LogP contribution in [0.25, 0.3) is 0 Å². The lowest BCUT2D eigenvalue weighted by Crippen LogP contribution is -2.06. The molecule has 2 rings (SSSR count). The van der Waals surface area contributed by atoms with E-state index in [0.29, 0.717) is 22.5 Å². The highest BCUT2D eigenvalue weighted by atomic mass is 16.7. The lowest BCUT2D eigenvalue weighted by molar-refractivity contribution is 0.0482. The zero-order chi connectivity index (χ0) is 15.4. The van der Waals surface area contributed by atoms with Crippen LogP contribution in [0.1, 0.15) is 37.9 Å². The Bertz CT molecular complexity index is 683. The first kappa shape index (κ1) is 14.6. The van der Waals surface area contributed by atoms with Gasteiger partial charge in [0.05, 0.1) is 25.2 Å². The molecule has 0 saturated heterocycles. The maximum absolute atomic E-state index is 11.7. The number of aromatic amines is 1. The molecule has 0 aliphatic heterocycles. The lowest BCUT2D eigenvalue weighted by atomic mass is 10.1. The summed E-state index contributed by atoms with van der Waals surface area (Å²) in [4.78, 5) is 31.0. The van der Waals surface area contributed by atoms with Crippen molar-refractivity contribution in [1.29, 1.82) is 0 Å². The van der Waals surface area contributed by atoms with Crippen molar-refractivity contribution >= 4 is 18.2 Å². The van der Waals surface area contributed by atoms with E-state index in [1.165, 1.54) is 25.7 Å². The average Bonchev–Trinajstić information content (AvgIpc) is 3.07. The molecule has 0 spiro atoms. The number of esters is 1. The fourth-order valence-electron chi connectivity index (χ4n) is 1.89. The molecule has 2 aromatic rings. The number of H-pyrrole nitrogens is 1. The number of hydrogen-bond donors (Lipinski definition) is 1. The number of furan rings is 1. The summed E-state index contributed by atoms with van der Waals surface area (Å²) in [6, 6.07) is 3.03. The molecule has 21 heavy (non-hydrogen) atoms. The van der Waals surface area contributed by atoms with Crippen LogP contribution in [0.5, 0.6) is 0 Å². The van der Waals surface area contributed by atoms with Gasteiger partial charge in [0.25, 0.3) is 0 Å². The van der Waals surface area contributed by atoms with Crippen molar-refractivity contribution in [2.24, 2.45) is 5.16 Å². The molecule has 0 atom stereocenters. The van der Waals surface area contributed by atoms with Gasteiger partial charge in [-0.25, -0.2) is 9.59 Å². The molecule has 1 N–H and O–H groups in total. The second kappa shape index (κ2) is 6.08. The Morgan fingerprint density at radius 1 is 1.29 bits per heavy atom. The molecule has 0 bridgehead atoms. The Balaban J connectivity index is 2.18. The second-order valence-electron chi connectivity index (χ2n) is 4.25. The van der Waals surface area contributed by atoms with Crippen molar-refractivity contribution in [2.75, 3.05) is 7.11 Å². The third-order valence-electron chi connectivity index (χ3n) is 2.85. The number of rotatable bonds is 4. The van der Waals surface area contributed by atoms with Gasteiger partial charge in [0.15, 0.2) is 0 Å². The van der Waals surface area contributed by atoms with E-state index in [1.807, 2.05) is 0 Å². The summed E-state index contributed by atoms with van der Waals surface area (Å²) in [7, 11) is 1.29. The van der Waals surface area contributed by atoms with Crippen molar-refractivity contribution in [1.82, 2.24) is 4.98 Å². The van der Waals surface area contributed by atoms with Crippen LogP contribution in [0.4, 0.5) is 0 Å². The van der Waals surface area contributed by atoms with Gasteiger partial charge in [-0.15, -0.1) is 0 Å². The van der Waals surface area contributed by atoms with E-state index in [2.05, 4.69) is 10.1 Å². The Morgan fingerprint density at radius 2 is 2.05 bits per heavy atom. The van der Waals surface area contributed by atoms with E-state index in [-0.39, 0.29) is 5.76 Å². The third-order valence-corrected chi connectivity index (χ3v) is 2.85. The number of hydrogen-bond acceptors (Lipinski definition) is 6. The standard InChI is InChI=1S/C14H14N2O5/c1-8-10(12(9(2)16-8)14(18)19-3)7-15-21-13(17)11-5-4-6-20-11/h4-7,16H,1-3H3/b15-7+. The molecular weight excluding hydrogens is 276 g/mol. The highest BCUT2D eigenvalue weighted by Gasteiger charge is 2.19. The lowest BCUT2D eigenvalue weighted by Gasteiger charge is -1.99. The highest BCUT2D eigenvalue weighted by molar-refractivity contribution is 6.01. The minimum Gasteiger partial charge on any atom is -0.465 e. The fourth-order valence-corrected chi connectivity index (χ4v) is 1.89. The molecular formula is C14H14N2O5. The predicted molar refractivity (Wildman–Crippen MR) is 73.3 cm³/mol. The summed E-state index contributed by atoms with van der Waals surface area (Å²) in [5.74, 6) is -1.17. The van der Waals surface area contributed by atoms with E-state index in [0.717, 1.165) is 0 Å². The minimum atomic E-state index is -0.722. The van der Waals surface area contributed by atoms with Crippen LogP contribution in [0.2, 0.25) is 0 Å². The van der Waals surface area contributed by atoms with Gasteiger partial charge in [0, 0.05) is 17.0 Å². The maximum atomic E-state index is 11.7. The first-order valence-electron chi connectivity index (χ1n) is 6.10. The minimum absolute atomic E-state index is 0.0438. The quantitative estimate of drug-likeness (QED) is 0.403. The summed E-state index contributed by atoms with van der Waals surface area (Å²) in [6.45, 7) is 3.51. The Labute approximate surface area is 120 Å². The van der Waals surface area contributed by atoms with Gasteiger partial charge in [-0.05, 0) is 26.0 Å². The van der Waals surface area contributed by atoms with Crippen LogP contribution in [-0.4, -0.2) is 30.2 Å². The SMILES string of the molecule is COC(=O)c1c(C)[nH]c(C)c1/C=N/OC(=O)c1ccco1. The molecule has 0 radical (unpaired) electrons. The van der Waals surface area contributed by atoms with Crippen LogP contribution in [0, 0.1) is 13.8 Å². The Morgan fingerprint density at radius 3 is 2.67 bits per heavy atom. The number of nitrogens with zero attached hydrogens (tertiary/aromatic N) is 1. The molecule has 0 aromatic carbocycles. The molecule has 2 aromatic heterocycles. The van der Waals surface area contributed by atoms with Crippen LogP contribution in [0.15, 0.2) is 28.0 Å². The number of nitrogens with one attached hydrogen (secondary N) is 1. The van der Waals surface area contributed by atoms with Crippen LogP contribution < -0.4 is 0 Å². The summed E-state index contributed by atoms with van der Waals surface area (Å²) in [5, 5.41) is 3.59. The molecule has 0 amide bonds. The first-order chi connectivity index (χ1) is 10.0. The van der Waals surface area contributed by atoms with E-state index in [4.69, 9.17) is 14.0 Å².